The highest BCUT2D eigenvalue weighted by molar-refractivity contribution is 5.75. The summed E-state index contributed by atoms with van der Waals surface area (Å²) in [4.78, 5) is 21.6. The summed E-state index contributed by atoms with van der Waals surface area (Å²) in [7, 11) is 0. The van der Waals surface area contributed by atoms with Crippen molar-refractivity contribution in [1.29, 1.82) is 0 Å². The third kappa shape index (κ3) is 3.87. The van der Waals surface area contributed by atoms with E-state index in [-0.39, 0.29) is 6.42 Å². The summed E-state index contributed by atoms with van der Waals surface area (Å²) in [6.45, 7) is -1.52. The molecule has 0 aliphatic carbocycles. The molecule has 1 heterocycles. The van der Waals surface area contributed by atoms with Crippen LogP contribution in [0.25, 0.3) is 0 Å². The molecule has 0 unspecified atom stereocenters. The number of carbonyl (C=O) groups is 2. The highest BCUT2D eigenvalue weighted by atomic mass is 16.6. The third-order valence-corrected chi connectivity index (χ3v) is 3.32. The van der Waals surface area contributed by atoms with E-state index in [1.165, 1.54) is 0 Å². The van der Waals surface area contributed by atoms with Crippen molar-refractivity contribution < 1.29 is 45.0 Å². The molecule has 7 N–H and O–H groups in total. The molecule has 0 bridgehead atoms. The summed E-state index contributed by atoms with van der Waals surface area (Å²) in [5.74, 6) is -2.61. The summed E-state index contributed by atoms with van der Waals surface area (Å²) in [5, 5.41) is 57.9. The lowest BCUT2D eigenvalue weighted by Gasteiger charge is -2.33. The SMILES string of the molecule is O=C(O)CC[C@H](N[C@@]1(CO)O[C@H](CO)[C@@H](O)[C@@H]1O)C(=O)O. The van der Waals surface area contributed by atoms with Crippen LogP contribution >= 0.6 is 0 Å². The van der Waals surface area contributed by atoms with E-state index in [4.69, 9.17) is 20.1 Å². The van der Waals surface area contributed by atoms with Crippen LogP contribution in [0.1, 0.15) is 12.8 Å². The number of ether oxygens (including phenoxy) is 1. The van der Waals surface area contributed by atoms with E-state index in [0.717, 1.165) is 0 Å². The number of aliphatic hydroxyl groups is 4. The van der Waals surface area contributed by atoms with Crippen molar-refractivity contribution in [3.05, 3.63) is 0 Å². The molecule has 122 valence electrons. The van der Waals surface area contributed by atoms with Crippen molar-refractivity contribution in [2.75, 3.05) is 13.2 Å². The summed E-state index contributed by atoms with van der Waals surface area (Å²) in [5.41, 5.74) is -1.99. The van der Waals surface area contributed by atoms with Crippen molar-refractivity contribution in [2.45, 2.75) is 42.9 Å². The Hall–Kier alpha value is -1.30. The highest BCUT2D eigenvalue weighted by Gasteiger charge is 2.55. The first-order valence-corrected chi connectivity index (χ1v) is 6.25. The quantitative estimate of drug-likeness (QED) is 0.240. The van der Waals surface area contributed by atoms with Gasteiger partial charge >= 0.3 is 11.9 Å². The predicted octanol–water partition coefficient (Wildman–Crippen LogP) is -3.30. The molecule has 1 rings (SSSR count). The van der Waals surface area contributed by atoms with E-state index in [1.807, 2.05) is 0 Å². The standard InChI is InChI=1S/C11H19NO9/c13-3-6-8(17)9(18)11(4-14,21-6)12-5(10(19)20)1-2-7(15)16/h5-6,8-9,12-14,17-18H,1-4H2,(H,15,16)(H,19,20)/t5-,6+,8+,9-,11-/m0/s1. The lowest BCUT2D eigenvalue weighted by molar-refractivity contribution is -0.159. The van der Waals surface area contributed by atoms with E-state index in [2.05, 4.69) is 5.32 Å². The number of rotatable bonds is 8. The lowest BCUT2D eigenvalue weighted by Crippen LogP contribution is -2.62. The molecule has 0 aromatic rings. The molecule has 1 aliphatic rings. The second-order valence-electron chi connectivity index (χ2n) is 4.79. The van der Waals surface area contributed by atoms with E-state index in [0.29, 0.717) is 0 Å². The molecular formula is C11H19NO9. The third-order valence-electron chi connectivity index (χ3n) is 3.32. The fourth-order valence-electron chi connectivity index (χ4n) is 2.15. The Morgan fingerprint density at radius 3 is 2.24 bits per heavy atom. The Morgan fingerprint density at radius 2 is 1.86 bits per heavy atom. The lowest BCUT2D eigenvalue weighted by atomic mass is 10.0. The van der Waals surface area contributed by atoms with Crippen LogP contribution in [-0.2, 0) is 14.3 Å². The van der Waals surface area contributed by atoms with Crippen LogP contribution in [0.4, 0.5) is 0 Å². The monoisotopic (exact) mass is 309 g/mol. The number of hydrogen-bond acceptors (Lipinski definition) is 8. The minimum absolute atomic E-state index is 0.317. The maximum Gasteiger partial charge on any atom is 0.320 e. The zero-order valence-corrected chi connectivity index (χ0v) is 11.0. The van der Waals surface area contributed by atoms with Gasteiger partial charge in [-0.05, 0) is 6.42 Å². The Kier molecular flexibility index (Phi) is 6.01. The molecule has 0 aromatic heterocycles. The van der Waals surface area contributed by atoms with Crippen molar-refractivity contribution >= 4 is 11.9 Å². The van der Waals surface area contributed by atoms with Crippen LogP contribution in [0.5, 0.6) is 0 Å². The molecule has 1 fully saturated rings. The maximum atomic E-state index is 11.1. The van der Waals surface area contributed by atoms with Crippen molar-refractivity contribution in [3.8, 4) is 0 Å². The molecule has 0 saturated carbocycles. The maximum absolute atomic E-state index is 11.1. The molecule has 0 aromatic carbocycles. The molecule has 0 radical (unpaired) electrons. The summed E-state index contributed by atoms with van der Waals surface area (Å²) in [6, 6.07) is -1.42. The van der Waals surface area contributed by atoms with Crippen LogP contribution in [0, 0.1) is 0 Å². The predicted molar refractivity (Wildman–Crippen MR) is 65.2 cm³/mol. The minimum atomic E-state index is -1.99. The first kappa shape index (κ1) is 17.8. The second kappa shape index (κ2) is 7.11. The summed E-state index contributed by atoms with van der Waals surface area (Å²) < 4.78 is 5.14. The van der Waals surface area contributed by atoms with Gasteiger partial charge in [0.15, 0.2) is 5.72 Å². The van der Waals surface area contributed by atoms with Gasteiger partial charge in [0.2, 0.25) is 0 Å². The number of aliphatic carboxylic acids is 2. The normalized spacial score (nSPS) is 33.8. The van der Waals surface area contributed by atoms with Gasteiger partial charge in [-0.1, -0.05) is 0 Å². The fourth-order valence-corrected chi connectivity index (χ4v) is 2.15. The number of aliphatic hydroxyl groups excluding tert-OH is 4. The average Bonchev–Trinajstić information content (AvgIpc) is 2.68. The number of carboxylic acid groups (broad SMARTS) is 2. The van der Waals surface area contributed by atoms with Crippen LogP contribution in [0.3, 0.4) is 0 Å². The summed E-state index contributed by atoms with van der Waals surface area (Å²) in [6.07, 6.45) is -5.18. The van der Waals surface area contributed by atoms with Gasteiger partial charge in [0.1, 0.15) is 24.4 Å². The van der Waals surface area contributed by atoms with Crippen LogP contribution in [-0.4, -0.2) is 85.9 Å². The second-order valence-corrected chi connectivity index (χ2v) is 4.79. The zero-order chi connectivity index (χ0) is 16.2. The van der Waals surface area contributed by atoms with Gasteiger partial charge in [0.25, 0.3) is 0 Å². The van der Waals surface area contributed by atoms with Crippen LogP contribution in [0.15, 0.2) is 0 Å². The molecule has 21 heavy (non-hydrogen) atoms. The molecule has 10 nitrogen and oxygen atoms in total. The van der Waals surface area contributed by atoms with Crippen molar-refractivity contribution in [1.82, 2.24) is 5.32 Å². The number of carboxylic acids is 2. The van der Waals surface area contributed by atoms with Gasteiger partial charge in [-0.3, -0.25) is 14.9 Å². The Bertz CT molecular complexity index is 390. The van der Waals surface area contributed by atoms with Gasteiger partial charge < -0.3 is 35.4 Å². The molecule has 0 spiro atoms. The fraction of sp³-hybridized carbons (Fsp3) is 0.818. The van der Waals surface area contributed by atoms with E-state index < -0.39 is 61.7 Å². The highest BCUT2D eigenvalue weighted by Crippen LogP contribution is 2.29. The van der Waals surface area contributed by atoms with Crippen molar-refractivity contribution in [3.63, 3.8) is 0 Å². The van der Waals surface area contributed by atoms with E-state index >= 15 is 0 Å². The van der Waals surface area contributed by atoms with Gasteiger partial charge in [-0.25, -0.2) is 0 Å². The number of hydrogen-bond donors (Lipinski definition) is 7. The van der Waals surface area contributed by atoms with Crippen LogP contribution < -0.4 is 5.32 Å². The molecular weight excluding hydrogens is 290 g/mol. The minimum Gasteiger partial charge on any atom is -0.481 e. The van der Waals surface area contributed by atoms with E-state index in [9.17, 15) is 24.9 Å². The molecule has 0 amide bonds. The number of nitrogens with one attached hydrogen (secondary N) is 1. The zero-order valence-electron chi connectivity index (χ0n) is 11.0. The first-order valence-electron chi connectivity index (χ1n) is 6.25. The largest absolute Gasteiger partial charge is 0.481 e. The Balaban J connectivity index is 2.87. The van der Waals surface area contributed by atoms with E-state index in [1.54, 1.807) is 0 Å². The topological polar surface area (TPSA) is 177 Å². The Morgan fingerprint density at radius 1 is 1.24 bits per heavy atom. The Labute approximate surface area is 119 Å². The molecule has 5 atom stereocenters. The average molecular weight is 309 g/mol. The first-order chi connectivity index (χ1) is 9.77. The van der Waals surface area contributed by atoms with Gasteiger partial charge in [0, 0.05) is 6.42 Å². The van der Waals surface area contributed by atoms with Crippen LogP contribution in [0.2, 0.25) is 0 Å². The molecule has 1 aliphatic heterocycles. The van der Waals surface area contributed by atoms with Gasteiger partial charge in [-0.15, -0.1) is 0 Å². The van der Waals surface area contributed by atoms with Gasteiger partial charge in [-0.2, -0.15) is 0 Å². The molecule has 1 saturated heterocycles. The smallest absolute Gasteiger partial charge is 0.320 e. The van der Waals surface area contributed by atoms with Crippen molar-refractivity contribution in [2.24, 2.45) is 0 Å². The summed E-state index contributed by atoms with van der Waals surface area (Å²) >= 11 is 0. The molecule has 10 heteroatoms. The van der Waals surface area contributed by atoms with Gasteiger partial charge in [0.05, 0.1) is 13.2 Å².